The Kier molecular flexibility index (Phi) is 5.11. The minimum atomic E-state index is -0.0446. The van der Waals surface area contributed by atoms with E-state index in [0.717, 1.165) is 27.7 Å². The molecule has 116 valence electrons. The van der Waals surface area contributed by atoms with Crippen LogP contribution in [0, 0.1) is 0 Å². The van der Waals surface area contributed by atoms with Crippen molar-refractivity contribution in [2.75, 3.05) is 6.61 Å². The topological polar surface area (TPSA) is 33.1 Å². The van der Waals surface area contributed by atoms with Crippen molar-refractivity contribution < 1.29 is 5.11 Å². The first-order valence-corrected chi connectivity index (χ1v) is 8.54. The molecule has 1 heterocycles. The molecule has 0 fully saturated rings. The van der Waals surface area contributed by atoms with Crippen LogP contribution in [0.4, 0.5) is 0 Å². The molecule has 1 atom stereocenters. The highest BCUT2D eigenvalue weighted by Gasteiger charge is 2.05. The summed E-state index contributed by atoms with van der Waals surface area (Å²) < 4.78 is 0. The Morgan fingerprint density at radius 1 is 1.09 bits per heavy atom. The third kappa shape index (κ3) is 3.99. The van der Waals surface area contributed by atoms with Crippen LogP contribution in [0.1, 0.15) is 21.6 Å². The molecule has 1 unspecified atom stereocenters. The van der Waals surface area contributed by atoms with E-state index in [4.69, 9.17) is 11.6 Å². The minimum absolute atomic E-state index is 0.0446. The lowest BCUT2D eigenvalue weighted by Crippen LogP contribution is -1.95. The van der Waals surface area contributed by atoms with Gasteiger partial charge in [-0.05, 0) is 35.4 Å². The molecule has 1 aromatic heterocycles. The Balaban J connectivity index is 1.87. The number of rotatable bonds is 4. The van der Waals surface area contributed by atoms with Crippen LogP contribution in [0.2, 0.25) is 5.02 Å². The number of aliphatic hydroxyl groups excluding tert-OH is 1. The Morgan fingerprint density at radius 3 is 2.74 bits per heavy atom. The molecule has 0 saturated carbocycles. The average molecular weight is 389 g/mol. The SMILES string of the molecule is OCC(Br)c1cccc(C=Cc2ccc3ccc(Cl)cc3n2)c1. The highest BCUT2D eigenvalue weighted by molar-refractivity contribution is 9.09. The summed E-state index contributed by atoms with van der Waals surface area (Å²) in [6, 6.07) is 17.8. The van der Waals surface area contributed by atoms with E-state index in [2.05, 4.69) is 20.9 Å². The van der Waals surface area contributed by atoms with Crippen LogP contribution in [0.15, 0.2) is 54.6 Å². The fraction of sp³-hybridized carbons (Fsp3) is 0.105. The molecule has 2 aromatic carbocycles. The maximum atomic E-state index is 9.22. The van der Waals surface area contributed by atoms with Gasteiger partial charge in [-0.25, -0.2) is 4.98 Å². The zero-order chi connectivity index (χ0) is 16.2. The van der Waals surface area contributed by atoms with Gasteiger partial charge in [0.05, 0.1) is 22.6 Å². The monoisotopic (exact) mass is 387 g/mol. The highest BCUT2D eigenvalue weighted by atomic mass is 79.9. The maximum Gasteiger partial charge on any atom is 0.0724 e. The van der Waals surface area contributed by atoms with E-state index in [1.807, 2.05) is 66.7 Å². The number of benzene rings is 2. The van der Waals surface area contributed by atoms with Crippen molar-refractivity contribution in [3.63, 3.8) is 0 Å². The first kappa shape index (κ1) is 16.2. The van der Waals surface area contributed by atoms with Gasteiger partial charge in [0.1, 0.15) is 0 Å². The lowest BCUT2D eigenvalue weighted by Gasteiger charge is -2.07. The van der Waals surface area contributed by atoms with Gasteiger partial charge in [-0.1, -0.05) is 70.0 Å². The number of alkyl halides is 1. The van der Waals surface area contributed by atoms with Crippen LogP contribution < -0.4 is 0 Å². The molecule has 1 N–H and O–H groups in total. The third-order valence-corrected chi connectivity index (χ3v) is 4.61. The first-order valence-electron chi connectivity index (χ1n) is 7.25. The Bertz CT molecular complexity index is 863. The number of nitrogens with zero attached hydrogens (tertiary/aromatic N) is 1. The summed E-state index contributed by atoms with van der Waals surface area (Å²) in [4.78, 5) is 4.56. The first-order chi connectivity index (χ1) is 11.2. The van der Waals surface area contributed by atoms with E-state index in [1.165, 1.54) is 0 Å². The smallest absolute Gasteiger partial charge is 0.0724 e. The van der Waals surface area contributed by atoms with Crippen LogP contribution in [-0.4, -0.2) is 16.7 Å². The van der Waals surface area contributed by atoms with E-state index in [1.54, 1.807) is 0 Å². The molecule has 4 heteroatoms. The number of aliphatic hydroxyl groups is 1. The predicted octanol–water partition coefficient (Wildman–Crippen LogP) is 5.49. The van der Waals surface area contributed by atoms with Crippen LogP contribution in [0.5, 0.6) is 0 Å². The normalized spacial score (nSPS) is 12.8. The number of halogens is 2. The molecule has 0 aliphatic heterocycles. The summed E-state index contributed by atoms with van der Waals surface area (Å²) >= 11 is 9.47. The molecule has 3 aromatic rings. The van der Waals surface area contributed by atoms with E-state index >= 15 is 0 Å². The maximum absolute atomic E-state index is 9.22. The molecule has 0 amide bonds. The van der Waals surface area contributed by atoms with Crippen molar-refractivity contribution in [1.82, 2.24) is 4.98 Å². The molecule has 2 nitrogen and oxygen atoms in total. The second kappa shape index (κ2) is 7.26. The van der Waals surface area contributed by atoms with Gasteiger partial charge in [-0.3, -0.25) is 0 Å². The van der Waals surface area contributed by atoms with Gasteiger partial charge in [0, 0.05) is 10.4 Å². The van der Waals surface area contributed by atoms with Crippen molar-refractivity contribution in [1.29, 1.82) is 0 Å². The van der Waals surface area contributed by atoms with E-state index in [9.17, 15) is 5.11 Å². The van der Waals surface area contributed by atoms with Crippen molar-refractivity contribution in [3.05, 3.63) is 76.4 Å². The standard InChI is InChI=1S/C19H15BrClNO/c20-18(12-23)15-3-1-2-13(10-15)4-8-17-9-6-14-5-7-16(21)11-19(14)22-17/h1-11,18,23H,12H2. The number of fused-ring (bicyclic) bond motifs is 1. The highest BCUT2D eigenvalue weighted by Crippen LogP contribution is 2.23. The molecular formula is C19H15BrClNO. The van der Waals surface area contributed by atoms with Crippen molar-refractivity contribution in [2.24, 2.45) is 0 Å². The molecule has 0 radical (unpaired) electrons. The fourth-order valence-corrected chi connectivity index (χ4v) is 2.79. The van der Waals surface area contributed by atoms with Crippen LogP contribution in [-0.2, 0) is 0 Å². The molecule has 3 rings (SSSR count). The average Bonchev–Trinajstić information content (AvgIpc) is 2.59. The quantitative estimate of drug-likeness (QED) is 0.600. The zero-order valence-electron chi connectivity index (χ0n) is 12.3. The summed E-state index contributed by atoms with van der Waals surface area (Å²) in [5, 5.41) is 11.0. The van der Waals surface area contributed by atoms with Gasteiger partial charge in [0.2, 0.25) is 0 Å². The van der Waals surface area contributed by atoms with Gasteiger partial charge in [-0.15, -0.1) is 0 Å². The minimum Gasteiger partial charge on any atom is -0.395 e. The molecule has 0 aliphatic rings. The lowest BCUT2D eigenvalue weighted by molar-refractivity contribution is 0.298. The van der Waals surface area contributed by atoms with Gasteiger partial charge >= 0.3 is 0 Å². The van der Waals surface area contributed by atoms with E-state index in [-0.39, 0.29) is 11.4 Å². The summed E-state index contributed by atoms with van der Waals surface area (Å²) in [5.74, 6) is 0. The fourth-order valence-electron chi connectivity index (χ4n) is 2.34. The Hall–Kier alpha value is -1.68. The number of hydrogen-bond acceptors (Lipinski definition) is 2. The van der Waals surface area contributed by atoms with Crippen molar-refractivity contribution >= 4 is 50.6 Å². The molecule has 0 aliphatic carbocycles. The molecule has 23 heavy (non-hydrogen) atoms. The Morgan fingerprint density at radius 2 is 1.91 bits per heavy atom. The Labute approximate surface area is 148 Å². The summed E-state index contributed by atoms with van der Waals surface area (Å²) in [7, 11) is 0. The summed E-state index contributed by atoms with van der Waals surface area (Å²) in [5.41, 5.74) is 3.87. The molecule has 0 spiro atoms. The van der Waals surface area contributed by atoms with Crippen LogP contribution >= 0.6 is 27.5 Å². The number of aromatic nitrogens is 1. The molecule has 0 saturated heterocycles. The predicted molar refractivity (Wildman–Crippen MR) is 101 cm³/mol. The molecule has 0 bridgehead atoms. The summed E-state index contributed by atoms with van der Waals surface area (Å²) in [6.07, 6.45) is 3.99. The zero-order valence-corrected chi connectivity index (χ0v) is 14.6. The van der Waals surface area contributed by atoms with Gasteiger partial charge in [-0.2, -0.15) is 0 Å². The largest absolute Gasteiger partial charge is 0.395 e. The second-order valence-corrected chi connectivity index (χ2v) is 6.77. The van der Waals surface area contributed by atoms with Gasteiger partial charge < -0.3 is 5.11 Å². The van der Waals surface area contributed by atoms with Crippen molar-refractivity contribution in [2.45, 2.75) is 4.83 Å². The molecular weight excluding hydrogens is 374 g/mol. The van der Waals surface area contributed by atoms with Crippen molar-refractivity contribution in [3.8, 4) is 0 Å². The second-order valence-electron chi connectivity index (χ2n) is 5.23. The van der Waals surface area contributed by atoms with Crippen LogP contribution in [0.3, 0.4) is 0 Å². The third-order valence-electron chi connectivity index (χ3n) is 3.55. The van der Waals surface area contributed by atoms with Gasteiger partial charge in [0.25, 0.3) is 0 Å². The summed E-state index contributed by atoms with van der Waals surface area (Å²) in [6.45, 7) is 0.0696. The van der Waals surface area contributed by atoms with Gasteiger partial charge in [0.15, 0.2) is 0 Å². The van der Waals surface area contributed by atoms with E-state index < -0.39 is 0 Å². The van der Waals surface area contributed by atoms with E-state index in [0.29, 0.717) is 5.02 Å². The number of hydrogen-bond donors (Lipinski definition) is 1. The number of pyridine rings is 1. The lowest BCUT2D eigenvalue weighted by atomic mass is 10.1. The van der Waals surface area contributed by atoms with Crippen LogP contribution in [0.25, 0.3) is 23.1 Å².